The molecule has 1 aliphatic carbocycles. The third-order valence-corrected chi connectivity index (χ3v) is 3.99. The Hall–Kier alpha value is -1.42. The van der Waals surface area contributed by atoms with Gasteiger partial charge in [-0.15, -0.1) is 0 Å². The molecule has 1 aromatic rings. The topological polar surface area (TPSA) is 68.0 Å². The summed E-state index contributed by atoms with van der Waals surface area (Å²) in [5.41, 5.74) is 8.71. The van der Waals surface area contributed by atoms with E-state index >= 15 is 0 Å². The summed E-state index contributed by atoms with van der Waals surface area (Å²) in [7, 11) is 0. The Bertz CT molecular complexity index is 453. The molecule has 1 heterocycles. The Morgan fingerprint density at radius 3 is 2.70 bits per heavy atom. The molecule has 2 atom stereocenters. The van der Waals surface area contributed by atoms with Crippen LogP contribution in [-0.2, 0) is 11.2 Å². The van der Waals surface area contributed by atoms with Crippen LogP contribution in [0.25, 0.3) is 0 Å². The first-order chi connectivity index (χ1) is 9.56. The molecule has 1 aromatic heterocycles. The predicted octanol–water partition coefficient (Wildman–Crippen LogP) is 1.87. The number of hydrogen-bond donors (Lipinski definition) is 2. The quantitative estimate of drug-likeness (QED) is 0.881. The van der Waals surface area contributed by atoms with E-state index in [0.717, 1.165) is 36.3 Å². The van der Waals surface area contributed by atoms with Crippen LogP contribution in [0.5, 0.6) is 0 Å². The minimum absolute atomic E-state index is 0.109. The zero-order valence-corrected chi connectivity index (χ0v) is 12.5. The molecule has 0 unspecified atom stereocenters. The lowest BCUT2D eigenvalue weighted by atomic mass is 9.86. The van der Waals surface area contributed by atoms with Gasteiger partial charge in [-0.2, -0.15) is 0 Å². The molecule has 0 aliphatic heterocycles. The number of amides is 1. The maximum Gasteiger partial charge on any atom is 0.224 e. The summed E-state index contributed by atoms with van der Waals surface area (Å²) in [6.07, 6.45) is 4.91. The van der Waals surface area contributed by atoms with Crippen molar-refractivity contribution in [3.8, 4) is 0 Å². The molecule has 1 aliphatic rings. The fourth-order valence-electron chi connectivity index (χ4n) is 3.12. The number of hydrogen-bond acceptors (Lipinski definition) is 3. The van der Waals surface area contributed by atoms with Crippen molar-refractivity contribution < 1.29 is 4.79 Å². The zero-order chi connectivity index (χ0) is 14.5. The second kappa shape index (κ2) is 6.84. The minimum Gasteiger partial charge on any atom is -0.353 e. The molecule has 0 bridgehead atoms. The first-order valence-electron chi connectivity index (χ1n) is 7.50. The van der Waals surface area contributed by atoms with Crippen LogP contribution in [-0.4, -0.2) is 23.5 Å². The van der Waals surface area contributed by atoms with Gasteiger partial charge in [0.05, 0.1) is 6.42 Å². The predicted molar refractivity (Wildman–Crippen MR) is 80.4 cm³/mol. The maximum atomic E-state index is 12.1. The average molecular weight is 275 g/mol. The molecule has 1 saturated carbocycles. The molecule has 1 amide bonds. The largest absolute Gasteiger partial charge is 0.353 e. The van der Waals surface area contributed by atoms with Crippen molar-refractivity contribution >= 4 is 5.91 Å². The molecule has 4 nitrogen and oxygen atoms in total. The molecule has 20 heavy (non-hydrogen) atoms. The highest BCUT2D eigenvalue weighted by molar-refractivity contribution is 5.78. The summed E-state index contributed by atoms with van der Waals surface area (Å²) in [5.74, 6) is 0.678. The SMILES string of the molecule is Cc1cc(CC(=O)N[C@H]2CCC[C@@H](CN)C2)cc(C)n1. The number of aromatic nitrogens is 1. The number of carbonyl (C=O) groups excluding carboxylic acids is 1. The number of rotatable bonds is 4. The number of carbonyl (C=O) groups is 1. The van der Waals surface area contributed by atoms with Crippen LogP contribution in [0.15, 0.2) is 12.1 Å². The van der Waals surface area contributed by atoms with Gasteiger partial charge in [-0.25, -0.2) is 0 Å². The van der Waals surface area contributed by atoms with Gasteiger partial charge in [-0.1, -0.05) is 6.42 Å². The van der Waals surface area contributed by atoms with Crippen molar-refractivity contribution in [2.24, 2.45) is 11.7 Å². The summed E-state index contributed by atoms with van der Waals surface area (Å²) in [5, 5.41) is 3.16. The maximum absolute atomic E-state index is 12.1. The van der Waals surface area contributed by atoms with E-state index in [1.165, 1.54) is 12.8 Å². The Labute approximate surface area is 121 Å². The highest BCUT2D eigenvalue weighted by Crippen LogP contribution is 2.23. The van der Waals surface area contributed by atoms with Crippen LogP contribution in [0.1, 0.15) is 42.6 Å². The lowest BCUT2D eigenvalue weighted by Crippen LogP contribution is -2.40. The van der Waals surface area contributed by atoms with Crippen molar-refractivity contribution in [1.29, 1.82) is 0 Å². The monoisotopic (exact) mass is 275 g/mol. The molecule has 2 rings (SSSR count). The smallest absolute Gasteiger partial charge is 0.224 e. The van der Waals surface area contributed by atoms with E-state index in [0.29, 0.717) is 18.4 Å². The van der Waals surface area contributed by atoms with Crippen molar-refractivity contribution in [2.45, 2.75) is 52.0 Å². The Kier molecular flexibility index (Phi) is 5.12. The van der Waals surface area contributed by atoms with Gasteiger partial charge in [0, 0.05) is 17.4 Å². The average Bonchev–Trinajstić information content (AvgIpc) is 2.37. The zero-order valence-electron chi connectivity index (χ0n) is 12.5. The highest BCUT2D eigenvalue weighted by atomic mass is 16.1. The van der Waals surface area contributed by atoms with E-state index in [1.807, 2.05) is 26.0 Å². The van der Waals surface area contributed by atoms with Gasteiger partial charge in [-0.3, -0.25) is 9.78 Å². The van der Waals surface area contributed by atoms with E-state index in [-0.39, 0.29) is 5.91 Å². The lowest BCUT2D eigenvalue weighted by Gasteiger charge is -2.29. The number of pyridine rings is 1. The molecule has 0 spiro atoms. The Morgan fingerprint density at radius 1 is 1.35 bits per heavy atom. The molecule has 0 saturated heterocycles. The molecule has 0 aromatic carbocycles. The third kappa shape index (κ3) is 4.30. The van der Waals surface area contributed by atoms with Gasteiger partial charge < -0.3 is 11.1 Å². The first-order valence-corrected chi connectivity index (χ1v) is 7.50. The third-order valence-electron chi connectivity index (χ3n) is 3.99. The van der Waals surface area contributed by atoms with Gasteiger partial charge in [0.25, 0.3) is 0 Å². The minimum atomic E-state index is 0.109. The van der Waals surface area contributed by atoms with Gasteiger partial charge in [0.15, 0.2) is 0 Å². The number of nitrogens with one attached hydrogen (secondary N) is 1. The Balaban J connectivity index is 1.88. The Morgan fingerprint density at radius 2 is 2.05 bits per heavy atom. The summed E-state index contributed by atoms with van der Waals surface area (Å²) in [4.78, 5) is 16.5. The second-order valence-electron chi connectivity index (χ2n) is 5.97. The van der Waals surface area contributed by atoms with Crippen molar-refractivity contribution in [3.05, 3.63) is 29.1 Å². The van der Waals surface area contributed by atoms with E-state index in [4.69, 9.17) is 5.73 Å². The van der Waals surface area contributed by atoms with Crippen molar-refractivity contribution in [3.63, 3.8) is 0 Å². The number of aryl methyl sites for hydroxylation is 2. The molecule has 0 radical (unpaired) electrons. The van der Waals surface area contributed by atoms with Gasteiger partial charge >= 0.3 is 0 Å². The van der Waals surface area contributed by atoms with E-state index in [2.05, 4.69) is 10.3 Å². The standard InChI is InChI=1S/C16H25N3O/c1-11-6-14(7-12(2)18-11)9-16(20)19-15-5-3-4-13(8-15)10-17/h6-7,13,15H,3-5,8-10,17H2,1-2H3,(H,19,20)/t13-,15+/m1/s1. The molecular formula is C16H25N3O. The fraction of sp³-hybridized carbons (Fsp3) is 0.625. The molecule has 3 N–H and O–H groups in total. The van der Waals surface area contributed by atoms with Crippen molar-refractivity contribution in [2.75, 3.05) is 6.54 Å². The van der Waals surface area contributed by atoms with Gasteiger partial charge in [0.1, 0.15) is 0 Å². The van der Waals surface area contributed by atoms with E-state index in [1.54, 1.807) is 0 Å². The molecule has 110 valence electrons. The molecule has 1 fully saturated rings. The summed E-state index contributed by atoms with van der Waals surface area (Å²) < 4.78 is 0. The molecule has 4 heteroatoms. The van der Waals surface area contributed by atoms with Crippen LogP contribution in [0, 0.1) is 19.8 Å². The van der Waals surface area contributed by atoms with Gasteiger partial charge in [0.2, 0.25) is 5.91 Å². The number of nitrogens with two attached hydrogens (primary N) is 1. The van der Waals surface area contributed by atoms with E-state index in [9.17, 15) is 4.79 Å². The van der Waals surface area contributed by atoms with Gasteiger partial charge in [-0.05, 0) is 63.3 Å². The second-order valence-corrected chi connectivity index (χ2v) is 5.97. The summed E-state index contributed by atoms with van der Waals surface area (Å²) in [6.45, 7) is 4.65. The molecular weight excluding hydrogens is 250 g/mol. The fourth-order valence-corrected chi connectivity index (χ4v) is 3.12. The van der Waals surface area contributed by atoms with Crippen LogP contribution in [0.3, 0.4) is 0 Å². The van der Waals surface area contributed by atoms with E-state index < -0.39 is 0 Å². The van der Waals surface area contributed by atoms with Crippen molar-refractivity contribution in [1.82, 2.24) is 10.3 Å². The first kappa shape index (κ1) is 15.0. The van der Waals surface area contributed by atoms with Crippen LogP contribution in [0.2, 0.25) is 0 Å². The summed E-state index contributed by atoms with van der Waals surface area (Å²) in [6, 6.07) is 4.26. The highest BCUT2D eigenvalue weighted by Gasteiger charge is 2.22. The summed E-state index contributed by atoms with van der Waals surface area (Å²) >= 11 is 0. The number of nitrogens with zero attached hydrogens (tertiary/aromatic N) is 1. The lowest BCUT2D eigenvalue weighted by molar-refractivity contribution is -0.121. The van der Waals surface area contributed by atoms with Crippen LogP contribution in [0.4, 0.5) is 0 Å². The van der Waals surface area contributed by atoms with Crippen LogP contribution < -0.4 is 11.1 Å². The normalized spacial score (nSPS) is 22.6. The van der Waals surface area contributed by atoms with Crippen LogP contribution >= 0.6 is 0 Å².